The lowest BCUT2D eigenvalue weighted by Crippen LogP contribution is -2.16. The van der Waals surface area contributed by atoms with Crippen molar-refractivity contribution >= 4 is 11.3 Å². The number of thiophene rings is 1. The Morgan fingerprint density at radius 1 is 1.22 bits per heavy atom. The van der Waals surface area contributed by atoms with Gasteiger partial charge in [-0.1, -0.05) is 6.92 Å². The van der Waals surface area contributed by atoms with Crippen LogP contribution in [0.25, 0.3) is 0 Å². The van der Waals surface area contributed by atoms with E-state index in [-0.39, 0.29) is 0 Å². The van der Waals surface area contributed by atoms with Gasteiger partial charge in [-0.3, -0.25) is 4.90 Å². The monoisotopic (exact) mass is 264 g/mol. The molecule has 2 rings (SSSR count). The summed E-state index contributed by atoms with van der Waals surface area (Å²) in [5.41, 5.74) is 1.22. The number of rotatable bonds is 7. The average molecular weight is 264 g/mol. The van der Waals surface area contributed by atoms with E-state index < -0.39 is 0 Å². The number of furan rings is 1. The third-order valence-electron chi connectivity index (χ3n) is 2.72. The van der Waals surface area contributed by atoms with Crippen molar-refractivity contribution in [3.05, 3.63) is 46.0 Å². The molecule has 1 N–H and O–H groups in total. The summed E-state index contributed by atoms with van der Waals surface area (Å²) in [6, 6.07) is 6.46. The summed E-state index contributed by atoms with van der Waals surface area (Å²) in [5.74, 6) is 0. The molecule has 0 aliphatic carbocycles. The molecule has 0 amide bonds. The Kier molecular flexibility index (Phi) is 4.99. The summed E-state index contributed by atoms with van der Waals surface area (Å²) in [6.07, 6.45) is 3.53. The molecule has 0 aliphatic rings. The molecule has 98 valence electrons. The molecular formula is C14H20N2OS. The number of nitrogens with one attached hydrogen (secondary N) is 1. The highest BCUT2D eigenvalue weighted by molar-refractivity contribution is 7.11. The predicted octanol–water partition coefficient (Wildman–Crippen LogP) is 3.08. The van der Waals surface area contributed by atoms with E-state index in [0.717, 1.165) is 26.2 Å². The fourth-order valence-electron chi connectivity index (χ4n) is 1.87. The standard InChI is InChI=1S/C14H20N2OS/c1-3-15-8-13-4-5-14(18-13)10-16(2)9-12-6-7-17-11-12/h4-7,11,15H,3,8-10H2,1-2H3. The van der Waals surface area contributed by atoms with Crippen LogP contribution in [0.4, 0.5) is 0 Å². The van der Waals surface area contributed by atoms with Gasteiger partial charge < -0.3 is 9.73 Å². The molecule has 0 saturated heterocycles. The zero-order valence-electron chi connectivity index (χ0n) is 11.0. The van der Waals surface area contributed by atoms with Crippen LogP contribution < -0.4 is 5.32 Å². The Morgan fingerprint density at radius 3 is 2.78 bits per heavy atom. The van der Waals surface area contributed by atoms with Crippen LogP contribution in [0.2, 0.25) is 0 Å². The van der Waals surface area contributed by atoms with Crippen molar-refractivity contribution in [3.8, 4) is 0 Å². The van der Waals surface area contributed by atoms with Crippen LogP contribution in [0.3, 0.4) is 0 Å². The van der Waals surface area contributed by atoms with Gasteiger partial charge in [-0.05, 0) is 31.8 Å². The van der Waals surface area contributed by atoms with Gasteiger partial charge in [-0.2, -0.15) is 0 Å². The molecule has 4 heteroatoms. The van der Waals surface area contributed by atoms with Crippen LogP contribution in [-0.2, 0) is 19.6 Å². The van der Waals surface area contributed by atoms with E-state index in [1.54, 1.807) is 6.26 Å². The quantitative estimate of drug-likeness (QED) is 0.833. The molecule has 2 heterocycles. The van der Waals surface area contributed by atoms with Gasteiger partial charge in [0.15, 0.2) is 0 Å². The Bertz CT molecular complexity index is 450. The van der Waals surface area contributed by atoms with Gasteiger partial charge in [0, 0.05) is 35.0 Å². The molecule has 0 unspecified atom stereocenters. The first kappa shape index (κ1) is 13.3. The maximum atomic E-state index is 5.08. The van der Waals surface area contributed by atoms with Crippen LogP contribution in [0.15, 0.2) is 35.1 Å². The Hall–Kier alpha value is -1.10. The molecule has 0 saturated carbocycles. The summed E-state index contributed by atoms with van der Waals surface area (Å²) < 4.78 is 5.08. The van der Waals surface area contributed by atoms with E-state index in [9.17, 15) is 0 Å². The lowest BCUT2D eigenvalue weighted by Gasteiger charge is -2.13. The van der Waals surface area contributed by atoms with Crippen molar-refractivity contribution < 1.29 is 4.42 Å². The van der Waals surface area contributed by atoms with E-state index in [1.807, 2.05) is 23.7 Å². The maximum absolute atomic E-state index is 5.08. The highest BCUT2D eigenvalue weighted by atomic mass is 32.1. The molecule has 0 aromatic carbocycles. The Morgan fingerprint density at radius 2 is 2.06 bits per heavy atom. The minimum atomic E-state index is 0.928. The van der Waals surface area contributed by atoms with Crippen molar-refractivity contribution in [2.24, 2.45) is 0 Å². The molecule has 0 spiro atoms. The first-order valence-electron chi connectivity index (χ1n) is 6.26. The smallest absolute Gasteiger partial charge is 0.0947 e. The van der Waals surface area contributed by atoms with Crippen LogP contribution in [0.5, 0.6) is 0 Å². The summed E-state index contributed by atoms with van der Waals surface area (Å²) in [6.45, 7) is 6.05. The summed E-state index contributed by atoms with van der Waals surface area (Å²) in [4.78, 5) is 5.12. The van der Waals surface area contributed by atoms with E-state index in [0.29, 0.717) is 0 Å². The zero-order valence-corrected chi connectivity index (χ0v) is 11.8. The molecule has 0 aliphatic heterocycles. The molecule has 2 aromatic heterocycles. The number of hydrogen-bond acceptors (Lipinski definition) is 4. The van der Waals surface area contributed by atoms with Gasteiger partial charge in [0.1, 0.15) is 0 Å². The Labute approximate surface area is 112 Å². The van der Waals surface area contributed by atoms with E-state index >= 15 is 0 Å². The van der Waals surface area contributed by atoms with Crippen molar-refractivity contribution in [3.63, 3.8) is 0 Å². The van der Waals surface area contributed by atoms with Gasteiger partial charge in [-0.15, -0.1) is 11.3 Å². The van der Waals surface area contributed by atoms with Crippen molar-refractivity contribution in [1.29, 1.82) is 0 Å². The fourth-order valence-corrected chi connectivity index (χ4v) is 2.93. The first-order chi connectivity index (χ1) is 8.78. The molecule has 0 atom stereocenters. The topological polar surface area (TPSA) is 28.4 Å². The molecule has 2 aromatic rings. The van der Waals surface area contributed by atoms with Gasteiger partial charge in [0.25, 0.3) is 0 Å². The SMILES string of the molecule is CCNCc1ccc(CN(C)Cc2ccoc2)s1. The molecule has 18 heavy (non-hydrogen) atoms. The third-order valence-corrected chi connectivity index (χ3v) is 3.79. The summed E-state index contributed by atoms with van der Waals surface area (Å²) in [5, 5.41) is 3.35. The van der Waals surface area contributed by atoms with Gasteiger partial charge in [0.05, 0.1) is 12.5 Å². The van der Waals surface area contributed by atoms with Crippen LogP contribution in [0, 0.1) is 0 Å². The normalized spacial score (nSPS) is 11.3. The van der Waals surface area contributed by atoms with Gasteiger partial charge in [-0.25, -0.2) is 0 Å². The van der Waals surface area contributed by atoms with E-state index in [1.165, 1.54) is 15.3 Å². The second-order valence-electron chi connectivity index (χ2n) is 4.45. The average Bonchev–Trinajstić information content (AvgIpc) is 2.98. The summed E-state index contributed by atoms with van der Waals surface area (Å²) in [7, 11) is 2.14. The maximum Gasteiger partial charge on any atom is 0.0947 e. The lowest BCUT2D eigenvalue weighted by atomic mass is 10.3. The van der Waals surface area contributed by atoms with Crippen molar-refractivity contribution in [2.45, 2.75) is 26.6 Å². The number of hydrogen-bond donors (Lipinski definition) is 1. The third kappa shape index (κ3) is 3.98. The minimum Gasteiger partial charge on any atom is -0.472 e. The van der Waals surface area contributed by atoms with Crippen LogP contribution in [-0.4, -0.2) is 18.5 Å². The molecular weight excluding hydrogens is 244 g/mol. The molecule has 0 bridgehead atoms. The Balaban J connectivity index is 1.83. The largest absolute Gasteiger partial charge is 0.472 e. The van der Waals surface area contributed by atoms with E-state index in [4.69, 9.17) is 4.42 Å². The minimum absolute atomic E-state index is 0.928. The lowest BCUT2D eigenvalue weighted by molar-refractivity contribution is 0.320. The van der Waals surface area contributed by atoms with Crippen molar-refractivity contribution in [2.75, 3.05) is 13.6 Å². The zero-order chi connectivity index (χ0) is 12.8. The fraction of sp³-hybridized carbons (Fsp3) is 0.429. The first-order valence-corrected chi connectivity index (χ1v) is 7.07. The van der Waals surface area contributed by atoms with E-state index in [2.05, 4.69) is 36.3 Å². The molecule has 0 radical (unpaired) electrons. The van der Waals surface area contributed by atoms with Gasteiger partial charge in [0.2, 0.25) is 0 Å². The summed E-state index contributed by atoms with van der Waals surface area (Å²) >= 11 is 1.89. The second-order valence-corrected chi connectivity index (χ2v) is 5.71. The van der Waals surface area contributed by atoms with Crippen molar-refractivity contribution in [1.82, 2.24) is 10.2 Å². The predicted molar refractivity (Wildman–Crippen MR) is 75.6 cm³/mol. The number of nitrogens with zero attached hydrogens (tertiary/aromatic N) is 1. The second kappa shape index (κ2) is 6.73. The van der Waals surface area contributed by atoms with Crippen LogP contribution >= 0.6 is 11.3 Å². The molecule has 0 fully saturated rings. The highest BCUT2D eigenvalue weighted by Gasteiger charge is 2.05. The molecule has 3 nitrogen and oxygen atoms in total. The highest BCUT2D eigenvalue weighted by Crippen LogP contribution is 2.18. The van der Waals surface area contributed by atoms with Crippen LogP contribution in [0.1, 0.15) is 22.2 Å². The van der Waals surface area contributed by atoms with Gasteiger partial charge >= 0.3 is 0 Å².